The molecule has 0 bridgehead atoms. The second kappa shape index (κ2) is 9.40. The molecule has 0 spiro atoms. The molecule has 1 aromatic carbocycles. The lowest BCUT2D eigenvalue weighted by Gasteiger charge is -2.27. The average molecular weight is 290 g/mol. The van der Waals surface area contributed by atoms with Crippen LogP contribution in [0.2, 0.25) is 0 Å². The van der Waals surface area contributed by atoms with Gasteiger partial charge in [-0.3, -0.25) is 9.89 Å². The number of aliphatic imine (C=N–C) groups is 1. The Morgan fingerprint density at radius 2 is 1.76 bits per heavy atom. The molecule has 4 heteroatoms. The molecule has 0 aliphatic rings. The fourth-order valence-electron chi connectivity index (χ4n) is 2.45. The summed E-state index contributed by atoms with van der Waals surface area (Å²) in [7, 11) is 1.81. The van der Waals surface area contributed by atoms with E-state index >= 15 is 0 Å². The highest BCUT2D eigenvalue weighted by Gasteiger charge is 2.12. The Hall–Kier alpha value is -1.55. The molecule has 0 saturated carbocycles. The molecular formula is C17H30N4. The van der Waals surface area contributed by atoms with Gasteiger partial charge in [0, 0.05) is 19.6 Å². The van der Waals surface area contributed by atoms with Crippen LogP contribution in [-0.4, -0.2) is 43.6 Å². The van der Waals surface area contributed by atoms with E-state index in [4.69, 9.17) is 0 Å². The Labute approximate surface area is 129 Å². The molecule has 0 aliphatic heterocycles. The molecule has 2 N–H and O–H groups in total. The van der Waals surface area contributed by atoms with Gasteiger partial charge in [-0.1, -0.05) is 44.2 Å². The van der Waals surface area contributed by atoms with Gasteiger partial charge in [0.25, 0.3) is 0 Å². The van der Waals surface area contributed by atoms with E-state index in [1.165, 1.54) is 5.56 Å². The highest BCUT2D eigenvalue weighted by molar-refractivity contribution is 5.80. The number of hydrogen-bond acceptors (Lipinski definition) is 2. The summed E-state index contributed by atoms with van der Waals surface area (Å²) in [6, 6.07) is 11.1. The van der Waals surface area contributed by atoms with E-state index < -0.39 is 0 Å². The van der Waals surface area contributed by atoms with Crippen LogP contribution in [0.25, 0.3) is 0 Å². The normalized spacial score (nSPS) is 14.9. The number of likely N-dealkylation sites (N-methyl/N-ethyl adjacent to an activating group) is 1. The van der Waals surface area contributed by atoms with Crippen molar-refractivity contribution in [2.24, 2.45) is 4.99 Å². The highest BCUT2D eigenvalue weighted by Crippen LogP contribution is 2.10. The van der Waals surface area contributed by atoms with E-state index in [1.807, 2.05) is 13.1 Å². The van der Waals surface area contributed by atoms with Crippen molar-refractivity contribution in [3.8, 4) is 0 Å². The highest BCUT2D eigenvalue weighted by atomic mass is 15.2. The first kappa shape index (κ1) is 17.5. The Morgan fingerprint density at radius 1 is 1.14 bits per heavy atom. The van der Waals surface area contributed by atoms with Crippen LogP contribution in [0.4, 0.5) is 0 Å². The number of guanidine groups is 1. The summed E-state index contributed by atoms with van der Waals surface area (Å²) < 4.78 is 0. The first-order chi connectivity index (χ1) is 10.1. The van der Waals surface area contributed by atoms with Crippen molar-refractivity contribution in [1.29, 1.82) is 0 Å². The number of benzene rings is 1. The monoisotopic (exact) mass is 290 g/mol. The Balaban J connectivity index is 2.49. The predicted octanol–water partition coefficient (Wildman–Crippen LogP) is 2.64. The van der Waals surface area contributed by atoms with Crippen molar-refractivity contribution < 1.29 is 0 Å². The van der Waals surface area contributed by atoms with Gasteiger partial charge >= 0.3 is 0 Å². The average Bonchev–Trinajstić information content (AvgIpc) is 2.53. The van der Waals surface area contributed by atoms with Crippen molar-refractivity contribution in [2.45, 2.75) is 39.8 Å². The molecule has 0 heterocycles. The molecule has 0 fully saturated rings. The third-order valence-electron chi connectivity index (χ3n) is 3.88. The molecule has 1 rings (SSSR count). The lowest BCUT2D eigenvalue weighted by Crippen LogP contribution is -2.46. The summed E-state index contributed by atoms with van der Waals surface area (Å²) in [5, 5.41) is 6.85. The minimum absolute atomic E-state index is 0.237. The van der Waals surface area contributed by atoms with Crippen LogP contribution in [0.15, 0.2) is 35.3 Å². The van der Waals surface area contributed by atoms with Crippen LogP contribution in [0.3, 0.4) is 0 Å². The molecule has 1 aromatic rings. The second-order valence-corrected chi connectivity index (χ2v) is 5.30. The summed E-state index contributed by atoms with van der Waals surface area (Å²) in [5.41, 5.74) is 1.26. The minimum atomic E-state index is 0.237. The fourth-order valence-corrected chi connectivity index (χ4v) is 2.45. The van der Waals surface area contributed by atoms with Gasteiger partial charge in [0.2, 0.25) is 0 Å². The number of nitrogens with zero attached hydrogens (tertiary/aromatic N) is 2. The molecule has 2 unspecified atom stereocenters. The minimum Gasteiger partial charge on any atom is -0.355 e. The standard InChI is InChI=1S/C17H30N4/c1-6-21(7-2)14(3)13-19-17(18-5)20-15(4)16-11-9-8-10-12-16/h8-12,14-15H,6-7,13H2,1-5H3,(H2,18,19,20). The number of nitrogens with one attached hydrogen (secondary N) is 2. The SMILES string of the molecule is CCN(CC)C(C)CNC(=NC)NC(C)c1ccccc1. The first-order valence-corrected chi connectivity index (χ1v) is 7.88. The maximum atomic E-state index is 4.31. The van der Waals surface area contributed by atoms with Gasteiger partial charge < -0.3 is 10.6 Å². The van der Waals surface area contributed by atoms with Crippen molar-refractivity contribution >= 4 is 5.96 Å². The zero-order valence-electron chi connectivity index (χ0n) is 14.1. The largest absolute Gasteiger partial charge is 0.355 e. The van der Waals surface area contributed by atoms with Crippen molar-refractivity contribution in [2.75, 3.05) is 26.7 Å². The zero-order valence-corrected chi connectivity index (χ0v) is 14.1. The van der Waals surface area contributed by atoms with E-state index in [9.17, 15) is 0 Å². The van der Waals surface area contributed by atoms with Crippen LogP contribution < -0.4 is 10.6 Å². The van der Waals surface area contributed by atoms with Gasteiger partial charge in [-0.15, -0.1) is 0 Å². The van der Waals surface area contributed by atoms with Crippen LogP contribution in [-0.2, 0) is 0 Å². The molecule has 0 aliphatic carbocycles. The van der Waals surface area contributed by atoms with E-state index in [2.05, 4.69) is 72.5 Å². The molecule has 0 aromatic heterocycles. The smallest absolute Gasteiger partial charge is 0.191 e. The van der Waals surface area contributed by atoms with Crippen molar-refractivity contribution in [3.05, 3.63) is 35.9 Å². The maximum absolute atomic E-state index is 4.31. The maximum Gasteiger partial charge on any atom is 0.191 e. The van der Waals surface area contributed by atoms with Crippen LogP contribution in [0, 0.1) is 0 Å². The summed E-state index contributed by atoms with van der Waals surface area (Å²) in [6.45, 7) is 11.8. The molecule has 4 nitrogen and oxygen atoms in total. The third kappa shape index (κ3) is 5.76. The second-order valence-electron chi connectivity index (χ2n) is 5.30. The van der Waals surface area contributed by atoms with Gasteiger partial charge in [-0.2, -0.15) is 0 Å². The number of hydrogen-bond donors (Lipinski definition) is 2. The molecule has 2 atom stereocenters. The van der Waals surface area contributed by atoms with Gasteiger partial charge in [-0.05, 0) is 32.5 Å². The first-order valence-electron chi connectivity index (χ1n) is 7.88. The van der Waals surface area contributed by atoms with Crippen molar-refractivity contribution in [3.63, 3.8) is 0 Å². The Kier molecular flexibility index (Phi) is 7.83. The lowest BCUT2D eigenvalue weighted by molar-refractivity contribution is 0.231. The number of rotatable bonds is 7. The molecular weight excluding hydrogens is 260 g/mol. The fraction of sp³-hybridized carbons (Fsp3) is 0.588. The summed E-state index contributed by atoms with van der Waals surface area (Å²) in [5.74, 6) is 0.852. The van der Waals surface area contributed by atoms with Gasteiger partial charge in [0.1, 0.15) is 0 Å². The molecule has 0 radical (unpaired) electrons. The van der Waals surface area contributed by atoms with E-state index in [-0.39, 0.29) is 6.04 Å². The zero-order chi connectivity index (χ0) is 15.7. The quantitative estimate of drug-likeness (QED) is 0.599. The Morgan fingerprint density at radius 3 is 2.29 bits per heavy atom. The van der Waals surface area contributed by atoms with Crippen LogP contribution in [0.5, 0.6) is 0 Å². The van der Waals surface area contributed by atoms with Gasteiger partial charge in [0.05, 0.1) is 6.04 Å². The predicted molar refractivity (Wildman–Crippen MR) is 91.7 cm³/mol. The van der Waals surface area contributed by atoms with E-state index in [0.717, 1.165) is 25.6 Å². The van der Waals surface area contributed by atoms with Gasteiger partial charge in [0.15, 0.2) is 5.96 Å². The van der Waals surface area contributed by atoms with Gasteiger partial charge in [-0.25, -0.2) is 0 Å². The van der Waals surface area contributed by atoms with E-state index in [1.54, 1.807) is 0 Å². The molecule has 21 heavy (non-hydrogen) atoms. The third-order valence-corrected chi connectivity index (χ3v) is 3.88. The lowest BCUT2D eigenvalue weighted by atomic mass is 10.1. The van der Waals surface area contributed by atoms with Crippen LogP contribution in [0.1, 0.15) is 39.3 Å². The van der Waals surface area contributed by atoms with E-state index in [0.29, 0.717) is 6.04 Å². The molecule has 0 saturated heterocycles. The molecule has 118 valence electrons. The summed E-state index contributed by atoms with van der Waals surface area (Å²) in [4.78, 5) is 6.74. The van der Waals surface area contributed by atoms with Crippen molar-refractivity contribution in [1.82, 2.24) is 15.5 Å². The summed E-state index contributed by atoms with van der Waals surface area (Å²) in [6.07, 6.45) is 0. The van der Waals surface area contributed by atoms with Crippen LogP contribution >= 0.6 is 0 Å². The molecule has 0 amide bonds. The topological polar surface area (TPSA) is 39.7 Å². The Bertz CT molecular complexity index is 412. The summed E-state index contributed by atoms with van der Waals surface area (Å²) >= 11 is 0.